The van der Waals surface area contributed by atoms with Crippen LogP contribution in [0.5, 0.6) is 0 Å². The number of thiazole rings is 1. The van der Waals surface area contributed by atoms with E-state index in [4.69, 9.17) is 5.11 Å². The molecule has 1 fully saturated rings. The number of aromatic nitrogens is 1. The average Bonchev–Trinajstić information content (AvgIpc) is 2.90. The first-order chi connectivity index (χ1) is 7.16. The van der Waals surface area contributed by atoms with Crippen molar-refractivity contribution in [1.82, 2.24) is 10.3 Å². The Morgan fingerprint density at radius 3 is 2.93 bits per heavy atom. The van der Waals surface area contributed by atoms with Gasteiger partial charge in [-0.1, -0.05) is 0 Å². The van der Waals surface area contributed by atoms with E-state index in [0.29, 0.717) is 6.54 Å². The highest BCUT2D eigenvalue weighted by Crippen LogP contribution is 2.27. The largest absolute Gasteiger partial charge is 0.476 e. The molecule has 1 aromatic rings. The topological polar surface area (TPSA) is 62.2 Å². The summed E-state index contributed by atoms with van der Waals surface area (Å²) in [5, 5.41) is 13.0. The normalized spacial score (nSPS) is 15.5. The smallest absolute Gasteiger partial charge is 0.355 e. The zero-order valence-electron chi connectivity index (χ0n) is 8.62. The number of aryl methyl sites for hydroxylation is 1. The van der Waals surface area contributed by atoms with E-state index in [1.807, 2.05) is 0 Å². The van der Waals surface area contributed by atoms with Crippen molar-refractivity contribution in [3.05, 3.63) is 15.6 Å². The van der Waals surface area contributed by atoms with E-state index in [1.54, 1.807) is 6.92 Å². The Bertz CT molecular complexity index is 371. The van der Waals surface area contributed by atoms with Gasteiger partial charge in [0, 0.05) is 11.4 Å². The first-order valence-electron chi connectivity index (χ1n) is 5.07. The quantitative estimate of drug-likeness (QED) is 0.801. The third-order valence-corrected chi connectivity index (χ3v) is 3.42. The molecule has 0 unspecified atom stereocenters. The maximum Gasteiger partial charge on any atom is 0.355 e. The fourth-order valence-corrected chi connectivity index (χ4v) is 2.32. The summed E-state index contributed by atoms with van der Waals surface area (Å²) >= 11 is 1.46. The predicted octanol–water partition coefficient (Wildman–Crippen LogP) is 1.65. The van der Waals surface area contributed by atoms with Crippen LogP contribution in [0.2, 0.25) is 0 Å². The maximum absolute atomic E-state index is 10.8. The van der Waals surface area contributed by atoms with Crippen LogP contribution in [0, 0.1) is 12.8 Å². The second-order valence-electron chi connectivity index (χ2n) is 3.89. The number of carboxylic acids is 1. The molecule has 0 amide bonds. The molecule has 82 valence electrons. The Morgan fingerprint density at radius 1 is 1.67 bits per heavy atom. The van der Waals surface area contributed by atoms with Crippen LogP contribution in [-0.4, -0.2) is 22.6 Å². The van der Waals surface area contributed by atoms with Gasteiger partial charge in [0.25, 0.3) is 0 Å². The number of nitrogens with zero attached hydrogens (tertiary/aromatic N) is 1. The Hall–Kier alpha value is -0.940. The lowest BCUT2D eigenvalue weighted by Crippen LogP contribution is -2.16. The minimum atomic E-state index is -0.933. The number of hydrogen-bond donors (Lipinski definition) is 2. The summed E-state index contributed by atoms with van der Waals surface area (Å²) in [6, 6.07) is 0. The molecule has 0 bridgehead atoms. The minimum Gasteiger partial charge on any atom is -0.476 e. The molecule has 15 heavy (non-hydrogen) atoms. The number of carbonyl (C=O) groups is 1. The van der Waals surface area contributed by atoms with Crippen LogP contribution in [0.15, 0.2) is 0 Å². The van der Waals surface area contributed by atoms with E-state index < -0.39 is 5.97 Å². The van der Waals surface area contributed by atoms with Crippen molar-refractivity contribution in [3.63, 3.8) is 0 Å². The fraction of sp³-hybridized carbons (Fsp3) is 0.600. The van der Waals surface area contributed by atoms with Gasteiger partial charge < -0.3 is 10.4 Å². The number of nitrogens with one attached hydrogen (secondary N) is 1. The van der Waals surface area contributed by atoms with Crippen LogP contribution in [0.4, 0.5) is 0 Å². The van der Waals surface area contributed by atoms with E-state index in [9.17, 15) is 4.79 Å². The average molecular weight is 226 g/mol. The molecule has 0 aliphatic heterocycles. The van der Waals surface area contributed by atoms with Gasteiger partial charge >= 0.3 is 5.97 Å². The molecule has 0 atom stereocenters. The molecule has 5 heteroatoms. The number of rotatable bonds is 5. The number of carboxylic acid groups (broad SMARTS) is 1. The van der Waals surface area contributed by atoms with Gasteiger partial charge in [0.15, 0.2) is 5.69 Å². The van der Waals surface area contributed by atoms with Gasteiger partial charge in [0.05, 0.1) is 0 Å². The van der Waals surface area contributed by atoms with Crippen molar-refractivity contribution in [1.29, 1.82) is 0 Å². The first-order valence-corrected chi connectivity index (χ1v) is 5.89. The molecule has 0 spiro atoms. The Morgan fingerprint density at radius 2 is 2.40 bits per heavy atom. The fourth-order valence-electron chi connectivity index (χ4n) is 1.43. The van der Waals surface area contributed by atoms with Gasteiger partial charge in [-0.25, -0.2) is 9.78 Å². The molecule has 0 radical (unpaired) electrons. The van der Waals surface area contributed by atoms with E-state index >= 15 is 0 Å². The van der Waals surface area contributed by atoms with Gasteiger partial charge in [0.2, 0.25) is 0 Å². The first kappa shape index (κ1) is 10.6. The van der Waals surface area contributed by atoms with Crippen LogP contribution in [0.1, 0.15) is 33.2 Å². The van der Waals surface area contributed by atoms with Crippen LogP contribution in [0.25, 0.3) is 0 Å². The highest BCUT2D eigenvalue weighted by Gasteiger charge is 2.20. The molecule has 4 nitrogen and oxygen atoms in total. The van der Waals surface area contributed by atoms with Crippen molar-refractivity contribution < 1.29 is 9.90 Å². The van der Waals surface area contributed by atoms with Crippen LogP contribution < -0.4 is 5.32 Å². The summed E-state index contributed by atoms with van der Waals surface area (Å²) in [7, 11) is 0. The lowest BCUT2D eigenvalue weighted by Gasteiger charge is -1.98. The van der Waals surface area contributed by atoms with Gasteiger partial charge in [-0.05, 0) is 32.2 Å². The minimum absolute atomic E-state index is 0.197. The molecule has 1 aliphatic carbocycles. The standard InChI is InChI=1S/C10H14N2O2S/c1-6-9(10(13)14)12-8(15-6)5-11-4-7-2-3-7/h7,11H,2-5H2,1H3,(H,13,14). The van der Waals surface area contributed by atoms with E-state index in [0.717, 1.165) is 22.3 Å². The molecule has 0 saturated heterocycles. The maximum atomic E-state index is 10.8. The zero-order valence-corrected chi connectivity index (χ0v) is 9.43. The summed E-state index contributed by atoms with van der Waals surface area (Å²) in [6.07, 6.45) is 2.65. The van der Waals surface area contributed by atoms with Crippen molar-refractivity contribution >= 4 is 17.3 Å². The molecule has 1 saturated carbocycles. The highest BCUT2D eigenvalue weighted by atomic mass is 32.1. The number of aromatic carboxylic acids is 1. The van der Waals surface area contributed by atoms with Gasteiger partial charge in [-0.3, -0.25) is 0 Å². The summed E-state index contributed by atoms with van der Waals surface area (Å²) < 4.78 is 0. The summed E-state index contributed by atoms with van der Waals surface area (Å²) in [5.41, 5.74) is 0.197. The van der Waals surface area contributed by atoms with Crippen molar-refractivity contribution in [2.75, 3.05) is 6.54 Å². The molecular weight excluding hydrogens is 212 g/mol. The molecule has 1 aliphatic rings. The lowest BCUT2D eigenvalue weighted by molar-refractivity contribution is 0.0690. The van der Waals surface area contributed by atoms with Crippen molar-refractivity contribution in [2.45, 2.75) is 26.3 Å². The SMILES string of the molecule is Cc1sc(CNCC2CC2)nc1C(=O)O. The third-order valence-electron chi connectivity index (χ3n) is 2.45. The van der Waals surface area contributed by atoms with E-state index in [-0.39, 0.29) is 5.69 Å². The monoisotopic (exact) mass is 226 g/mol. The summed E-state index contributed by atoms with van der Waals surface area (Å²) in [5.74, 6) is -0.0952. The Balaban J connectivity index is 1.89. The molecular formula is C10H14N2O2S. The second kappa shape index (κ2) is 4.28. The van der Waals surface area contributed by atoms with Crippen LogP contribution in [-0.2, 0) is 6.54 Å². The number of hydrogen-bond acceptors (Lipinski definition) is 4. The summed E-state index contributed by atoms with van der Waals surface area (Å²) in [6.45, 7) is 3.52. The predicted molar refractivity (Wildman–Crippen MR) is 58.2 cm³/mol. The van der Waals surface area contributed by atoms with Gasteiger partial charge in [0.1, 0.15) is 5.01 Å². The molecule has 2 rings (SSSR count). The molecule has 0 aromatic carbocycles. The van der Waals surface area contributed by atoms with Gasteiger partial charge in [-0.2, -0.15) is 0 Å². The van der Waals surface area contributed by atoms with Crippen LogP contribution >= 0.6 is 11.3 Å². The van der Waals surface area contributed by atoms with Crippen molar-refractivity contribution in [2.24, 2.45) is 5.92 Å². The molecule has 1 aromatic heterocycles. The molecule has 2 N–H and O–H groups in total. The van der Waals surface area contributed by atoms with Crippen molar-refractivity contribution in [3.8, 4) is 0 Å². The highest BCUT2D eigenvalue weighted by molar-refractivity contribution is 7.11. The Kier molecular flexibility index (Phi) is 3.02. The Labute approximate surface area is 92.3 Å². The van der Waals surface area contributed by atoms with Crippen LogP contribution in [0.3, 0.4) is 0 Å². The zero-order chi connectivity index (χ0) is 10.8. The van der Waals surface area contributed by atoms with Gasteiger partial charge in [-0.15, -0.1) is 11.3 Å². The van der Waals surface area contributed by atoms with E-state index in [2.05, 4.69) is 10.3 Å². The second-order valence-corrected chi connectivity index (χ2v) is 5.18. The molecule has 1 heterocycles. The lowest BCUT2D eigenvalue weighted by atomic mass is 10.4. The van der Waals surface area contributed by atoms with E-state index in [1.165, 1.54) is 24.2 Å². The summed E-state index contributed by atoms with van der Waals surface area (Å²) in [4.78, 5) is 15.6. The third kappa shape index (κ3) is 2.76.